The summed E-state index contributed by atoms with van der Waals surface area (Å²) in [6, 6.07) is 0. The Morgan fingerprint density at radius 2 is 0.963 bits per heavy atom. The van der Waals surface area contributed by atoms with Crippen LogP contribution in [0.4, 0.5) is 0 Å². The number of hydrogen-bond acceptors (Lipinski definition) is 1. The third-order valence-corrected chi connectivity index (χ3v) is 6.00. The van der Waals surface area contributed by atoms with Gasteiger partial charge >= 0.3 is 0 Å². The summed E-state index contributed by atoms with van der Waals surface area (Å²) >= 11 is 3.45. The van der Waals surface area contributed by atoms with Gasteiger partial charge in [-0.1, -0.05) is 120 Å². The molecule has 0 aromatic rings. The second-order valence-corrected chi connectivity index (χ2v) is 8.92. The number of alkyl halides is 1. The molecule has 0 unspecified atom stereocenters. The van der Waals surface area contributed by atoms with Crippen LogP contribution in [0.25, 0.3) is 0 Å². The van der Waals surface area contributed by atoms with Crippen LogP contribution in [-0.2, 0) is 4.79 Å². The van der Waals surface area contributed by atoms with Gasteiger partial charge in [-0.25, -0.2) is 0 Å². The van der Waals surface area contributed by atoms with Crippen molar-refractivity contribution in [1.29, 1.82) is 0 Å². The average Bonchev–Trinajstić information content (AvgIpc) is 2.68. The van der Waals surface area contributed by atoms with E-state index in [1.807, 2.05) is 0 Å². The van der Waals surface area contributed by atoms with Gasteiger partial charge in [0.25, 0.3) is 0 Å². The molecular weight excluding hydrogens is 398 g/mol. The maximum Gasteiger partial charge on any atom is 0.222 e. The zero-order valence-electron chi connectivity index (χ0n) is 18.6. The highest BCUT2D eigenvalue weighted by Crippen LogP contribution is 2.12. The van der Waals surface area contributed by atoms with Gasteiger partial charge in [-0.15, -0.1) is 0 Å². The van der Waals surface area contributed by atoms with Crippen molar-refractivity contribution < 1.29 is 4.79 Å². The van der Waals surface area contributed by atoms with E-state index in [-0.39, 0.29) is 0 Å². The van der Waals surface area contributed by atoms with Crippen LogP contribution >= 0.6 is 15.9 Å². The van der Waals surface area contributed by atoms with E-state index in [0.29, 0.717) is 12.3 Å². The first kappa shape index (κ1) is 27.0. The summed E-state index contributed by atoms with van der Waals surface area (Å²) in [5, 5.41) is 0.933. The number of carbonyl (C=O) groups excluding carboxylic acids is 1. The van der Waals surface area contributed by atoms with Crippen molar-refractivity contribution in [1.82, 2.24) is 4.90 Å². The van der Waals surface area contributed by atoms with Crippen LogP contribution in [0.5, 0.6) is 0 Å². The second-order valence-electron chi connectivity index (χ2n) is 8.12. The monoisotopic (exact) mass is 445 g/mol. The second kappa shape index (κ2) is 22.2. The van der Waals surface area contributed by atoms with Crippen molar-refractivity contribution in [2.45, 2.75) is 129 Å². The molecule has 0 saturated heterocycles. The standard InChI is InChI=1S/C24H48BrNO/c1-3-5-7-9-11-13-15-17-22-26(24(27)20-19-21-25)23-18-16-14-12-10-8-6-4-2/h3-23H2,1-2H3. The molecule has 3 heteroatoms. The lowest BCUT2D eigenvalue weighted by Crippen LogP contribution is -2.32. The third kappa shape index (κ3) is 19.1. The molecule has 27 heavy (non-hydrogen) atoms. The van der Waals surface area contributed by atoms with E-state index >= 15 is 0 Å². The maximum atomic E-state index is 12.5. The number of rotatable bonds is 21. The molecule has 1 amide bonds. The number of halogens is 1. The van der Waals surface area contributed by atoms with E-state index in [9.17, 15) is 4.79 Å². The smallest absolute Gasteiger partial charge is 0.222 e. The fraction of sp³-hybridized carbons (Fsp3) is 0.958. The minimum absolute atomic E-state index is 0.375. The first-order valence-corrected chi connectivity index (χ1v) is 13.2. The molecule has 0 N–H and O–H groups in total. The highest BCUT2D eigenvalue weighted by atomic mass is 79.9. The van der Waals surface area contributed by atoms with Crippen molar-refractivity contribution >= 4 is 21.8 Å². The van der Waals surface area contributed by atoms with E-state index < -0.39 is 0 Å². The number of carbonyl (C=O) groups is 1. The molecule has 0 spiro atoms. The zero-order valence-corrected chi connectivity index (χ0v) is 20.2. The fourth-order valence-electron chi connectivity index (χ4n) is 3.61. The topological polar surface area (TPSA) is 20.3 Å². The predicted molar refractivity (Wildman–Crippen MR) is 125 cm³/mol. The highest BCUT2D eigenvalue weighted by molar-refractivity contribution is 9.09. The number of amides is 1. The molecule has 0 radical (unpaired) electrons. The van der Waals surface area contributed by atoms with Crippen molar-refractivity contribution in [2.75, 3.05) is 18.4 Å². The van der Waals surface area contributed by atoms with Crippen LogP contribution in [0.3, 0.4) is 0 Å². The Balaban J connectivity index is 3.85. The number of nitrogens with zero attached hydrogens (tertiary/aromatic N) is 1. The minimum Gasteiger partial charge on any atom is -0.343 e. The summed E-state index contributed by atoms with van der Waals surface area (Å²) in [7, 11) is 0. The molecule has 0 aliphatic heterocycles. The van der Waals surface area contributed by atoms with Gasteiger partial charge < -0.3 is 4.90 Å². The molecule has 0 aliphatic rings. The molecule has 0 aliphatic carbocycles. The van der Waals surface area contributed by atoms with Crippen LogP contribution in [0, 0.1) is 0 Å². The predicted octanol–water partition coefficient (Wildman–Crippen LogP) is 8.27. The number of unbranched alkanes of at least 4 members (excludes halogenated alkanes) is 14. The lowest BCUT2D eigenvalue weighted by Gasteiger charge is -2.23. The van der Waals surface area contributed by atoms with Gasteiger partial charge in [-0.3, -0.25) is 4.79 Å². The van der Waals surface area contributed by atoms with Crippen molar-refractivity contribution in [3.05, 3.63) is 0 Å². The maximum absolute atomic E-state index is 12.5. The molecule has 0 atom stereocenters. The van der Waals surface area contributed by atoms with E-state index in [0.717, 1.165) is 24.8 Å². The largest absolute Gasteiger partial charge is 0.343 e. The summed E-state index contributed by atoms with van der Waals surface area (Å²) in [4.78, 5) is 14.6. The van der Waals surface area contributed by atoms with E-state index in [1.54, 1.807) is 0 Å². The van der Waals surface area contributed by atoms with Gasteiger partial charge in [-0.2, -0.15) is 0 Å². The first-order valence-electron chi connectivity index (χ1n) is 12.1. The average molecular weight is 447 g/mol. The van der Waals surface area contributed by atoms with E-state index in [2.05, 4.69) is 34.7 Å². The Bertz CT molecular complexity index is 289. The molecule has 0 bridgehead atoms. The lowest BCUT2D eigenvalue weighted by atomic mass is 10.1. The molecule has 0 aromatic heterocycles. The van der Waals surface area contributed by atoms with Gasteiger partial charge in [0, 0.05) is 24.8 Å². The summed E-state index contributed by atoms with van der Waals surface area (Å²) in [6.45, 7) is 6.50. The van der Waals surface area contributed by atoms with Crippen LogP contribution in [0.1, 0.15) is 129 Å². The molecule has 0 saturated carbocycles. The summed E-state index contributed by atoms with van der Waals surface area (Å²) in [5.74, 6) is 0.375. The molecule has 0 aromatic carbocycles. The van der Waals surface area contributed by atoms with Gasteiger partial charge in [0.1, 0.15) is 0 Å². The van der Waals surface area contributed by atoms with Crippen molar-refractivity contribution in [2.24, 2.45) is 0 Å². The lowest BCUT2D eigenvalue weighted by molar-refractivity contribution is -0.131. The SMILES string of the molecule is CCCCCCCCCCN(CCCCCCCCCC)C(=O)CCCBr. The third-order valence-electron chi connectivity index (χ3n) is 5.44. The van der Waals surface area contributed by atoms with Crippen LogP contribution in [-0.4, -0.2) is 29.2 Å². The number of hydrogen-bond donors (Lipinski definition) is 0. The highest BCUT2D eigenvalue weighted by Gasteiger charge is 2.12. The minimum atomic E-state index is 0.375. The van der Waals surface area contributed by atoms with Crippen LogP contribution < -0.4 is 0 Å². The van der Waals surface area contributed by atoms with Crippen LogP contribution in [0.2, 0.25) is 0 Å². The Hall–Kier alpha value is -0.0500. The van der Waals surface area contributed by atoms with Crippen LogP contribution in [0.15, 0.2) is 0 Å². The molecule has 0 fully saturated rings. The molecule has 0 heterocycles. The molecule has 162 valence electrons. The normalized spacial score (nSPS) is 11.1. The van der Waals surface area contributed by atoms with Gasteiger partial charge in [0.15, 0.2) is 0 Å². The summed E-state index contributed by atoms with van der Waals surface area (Å²) in [6.07, 6.45) is 23.0. The summed E-state index contributed by atoms with van der Waals surface area (Å²) < 4.78 is 0. The van der Waals surface area contributed by atoms with Crippen molar-refractivity contribution in [3.63, 3.8) is 0 Å². The Morgan fingerprint density at radius 1 is 0.593 bits per heavy atom. The Kier molecular flexibility index (Phi) is 22.2. The molecular formula is C24H48BrNO. The molecule has 2 nitrogen and oxygen atoms in total. The first-order chi connectivity index (χ1) is 13.3. The van der Waals surface area contributed by atoms with Gasteiger partial charge in [0.05, 0.1) is 0 Å². The Labute approximate surface area is 179 Å². The van der Waals surface area contributed by atoms with Gasteiger partial charge in [-0.05, 0) is 19.3 Å². The van der Waals surface area contributed by atoms with E-state index in [4.69, 9.17) is 0 Å². The summed E-state index contributed by atoms with van der Waals surface area (Å²) in [5.41, 5.74) is 0. The quantitative estimate of drug-likeness (QED) is 0.128. The van der Waals surface area contributed by atoms with E-state index in [1.165, 1.54) is 103 Å². The fourth-order valence-corrected chi connectivity index (χ4v) is 3.89. The zero-order chi connectivity index (χ0) is 20.0. The van der Waals surface area contributed by atoms with Crippen molar-refractivity contribution in [3.8, 4) is 0 Å². The Morgan fingerprint density at radius 3 is 1.33 bits per heavy atom. The molecule has 0 rings (SSSR count). The van der Waals surface area contributed by atoms with Gasteiger partial charge in [0.2, 0.25) is 5.91 Å².